The van der Waals surface area contributed by atoms with Crippen LogP contribution in [0.4, 0.5) is 0 Å². The summed E-state index contributed by atoms with van der Waals surface area (Å²) >= 11 is 0. The third kappa shape index (κ3) is 7.98. The lowest BCUT2D eigenvalue weighted by Gasteiger charge is -2.25. The van der Waals surface area contributed by atoms with E-state index < -0.39 is 17.2 Å². The van der Waals surface area contributed by atoms with Crippen LogP contribution in [0.15, 0.2) is 0 Å². The van der Waals surface area contributed by atoms with Crippen LogP contribution in [-0.2, 0) is 9.53 Å². The summed E-state index contributed by atoms with van der Waals surface area (Å²) in [4.78, 5) is 10.9. The maximum atomic E-state index is 10.9. The average molecular weight is 214 g/mol. The first-order valence-electron chi connectivity index (χ1n) is 4.81. The van der Waals surface area contributed by atoms with Crippen molar-refractivity contribution in [3.05, 3.63) is 0 Å². The van der Waals surface area contributed by atoms with Crippen LogP contribution in [0.1, 0.15) is 34.1 Å². The molecule has 0 rings (SSSR count). The summed E-state index contributed by atoms with van der Waals surface area (Å²) in [6.07, 6.45) is 0.0619. The van der Waals surface area contributed by atoms with Crippen molar-refractivity contribution in [3.63, 3.8) is 0 Å². The quantitative estimate of drug-likeness (QED) is 0.407. The van der Waals surface area contributed by atoms with Crippen LogP contribution in [0.2, 0.25) is 0 Å². The predicted molar refractivity (Wildman–Crippen MR) is 55.9 cm³/mol. The average Bonchev–Trinajstić information content (AvgIpc) is 1.97. The minimum Gasteiger partial charge on any atom is -0.456 e. The standard InChI is InChI=1S/C11H18O4/c1-5-15-9(12)6-7-11(4,14)8-10(2,3)13/h13-14H,5,8H2,1-4H3. The van der Waals surface area contributed by atoms with Crippen molar-refractivity contribution in [2.45, 2.75) is 45.3 Å². The number of aliphatic hydroxyl groups is 2. The van der Waals surface area contributed by atoms with Gasteiger partial charge >= 0.3 is 5.97 Å². The first-order chi connectivity index (χ1) is 6.66. The van der Waals surface area contributed by atoms with E-state index >= 15 is 0 Å². The largest absolute Gasteiger partial charge is 0.456 e. The fourth-order valence-electron chi connectivity index (χ4n) is 1.24. The Labute approximate surface area is 90.3 Å². The van der Waals surface area contributed by atoms with Gasteiger partial charge in [0.25, 0.3) is 0 Å². The Morgan fingerprint density at radius 2 is 1.87 bits per heavy atom. The minimum absolute atomic E-state index is 0.0619. The van der Waals surface area contributed by atoms with E-state index in [1.165, 1.54) is 6.92 Å². The highest BCUT2D eigenvalue weighted by molar-refractivity contribution is 5.88. The third-order valence-corrected chi connectivity index (χ3v) is 1.49. The molecule has 0 radical (unpaired) electrons. The van der Waals surface area contributed by atoms with Crippen LogP contribution >= 0.6 is 0 Å². The molecule has 0 aliphatic rings. The smallest absolute Gasteiger partial charge is 0.384 e. The molecular formula is C11H18O4. The predicted octanol–water partition coefficient (Wildman–Crippen LogP) is 0.465. The second-order valence-electron chi connectivity index (χ2n) is 4.23. The Morgan fingerprint density at radius 3 is 2.27 bits per heavy atom. The molecule has 0 fully saturated rings. The highest BCUT2D eigenvalue weighted by Gasteiger charge is 2.27. The van der Waals surface area contributed by atoms with Crippen molar-refractivity contribution in [2.75, 3.05) is 6.61 Å². The zero-order valence-corrected chi connectivity index (χ0v) is 9.63. The van der Waals surface area contributed by atoms with Gasteiger partial charge in [0.05, 0.1) is 12.2 Å². The maximum Gasteiger partial charge on any atom is 0.384 e. The van der Waals surface area contributed by atoms with E-state index in [2.05, 4.69) is 16.6 Å². The van der Waals surface area contributed by atoms with Crippen molar-refractivity contribution in [1.82, 2.24) is 0 Å². The topological polar surface area (TPSA) is 66.8 Å². The molecule has 0 aromatic rings. The Balaban J connectivity index is 4.42. The molecule has 0 aromatic heterocycles. The monoisotopic (exact) mass is 214 g/mol. The molecule has 0 saturated heterocycles. The Hall–Kier alpha value is -1.05. The number of carbonyl (C=O) groups excluding carboxylic acids is 1. The SMILES string of the molecule is CCOC(=O)C#CC(C)(O)CC(C)(C)O. The van der Waals surface area contributed by atoms with Gasteiger partial charge < -0.3 is 14.9 Å². The summed E-state index contributed by atoms with van der Waals surface area (Å²) in [6.45, 7) is 6.49. The molecule has 2 N–H and O–H groups in total. The Kier molecular flexibility index (Phi) is 4.79. The van der Waals surface area contributed by atoms with Gasteiger partial charge in [-0.25, -0.2) is 4.79 Å². The fourth-order valence-corrected chi connectivity index (χ4v) is 1.24. The molecule has 1 atom stereocenters. The van der Waals surface area contributed by atoms with Gasteiger partial charge in [-0.05, 0) is 27.7 Å². The fraction of sp³-hybridized carbons (Fsp3) is 0.727. The van der Waals surface area contributed by atoms with E-state index in [1.807, 2.05) is 0 Å². The van der Waals surface area contributed by atoms with Gasteiger partial charge in [0.1, 0.15) is 5.60 Å². The maximum absolute atomic E-state index is 10.9. The summed E-state index contributed by atoms with van der Waals surface area (Å²) in [5.74, 6) is 3.87. The zero-order valence-electron chi connectivity index (χ0n) is 9.63. The normalized spacial score (nSPS) is 14.8. The van der Waals surface area contributed by atoms with Crippen LogP contribution in [0, 0.1) is 11.8 Å². The van der Waals surface area contributed by atoms with Gasteiger partial charge in [-0.15, -0.1) is 0 Å². The van der Waals surface area contributed by atoms with Gasteiger partial charge in [-0.2, -0.15) is 0 Å². The number of hydrogen-bond donors (Lipinski definition) is 2. The van der Waals surface area contributed by atoms with Gasteiger partial charge in [0.15, 0.2) is 0 Å². The molecule has 15 heavy (non-hydrogen) atoms. The zero-order chi connectivity index (χ0) is 12.1. The summed E-state index contributed by atoms with van der Waals surface area (Å²) in [7, 11) is 0. The van der Waals surface area contributed by atoms with Crippen LogP contribution in [0.5, 0.6) is 0 Å². The molecule has 4 nitrogen and oxygen atoms in total. The van der Waals surface area contributed by atoms with E-state index in [0.29, 0.717) is 0 Å². The van der Waals surface area contributed by atoms with E-state index in [1.54, 1.807) is 20.8 Å². The van der Waals surface area contributed by atoms with Gasteiger partial charge in [0.2, 0.25) is 0 Å². The van der Waals surface area contributed by atoms with E-state index in [-0.39, 0.29) is 13.0 Å². The molecule has 1 unspecified atom stereocenters. The summed E-state index contributed by atoms with van der Waals surface area (Å²) in [5, 5.41) is 19.2. The van der Waals surface area contributed by atoms with Gasteiger partial charge in [0, 0.05) is 12.3 Å². The summed E-state index contributed by atoms with van der Waals surface area (Å²) < 4.78 is 4.58. The van der Waals surface area contributed by atoms with E-state index in [0.717, 1.165) is 0 Å². The number of hydrogen-bond acceptors (Lipinski definition) is 4. The van der Waals surface area contributed by atoms with Crippen molar-refractivity contribution in [3.8, 4) is 11.8 Å². The van der Waals surface area contributed by atoms with Crippen LogP contribution in [0.3, 0.4) is 0 Å². The molecule has 0 heterocycles. The third-order valence-electron chi connectivity index (χ3n) is 1.49. The number of rotatable bonds is 3. The van der Waals surface area contributed by atoms with Crippen molar-refractivity contribution in [1.29, 1.82) is 0 Å². The molecule has 4 heteroatoms. The second kappa shape index (κ2) is 5.15. The highest BCUT2D eigenvalue weighted by atomic mass is 16.5. The molecule has 0 bridgehead atoms. The molecule has 0 spiro atoms. The highest BCUT2D eigenvalue weighted by Crippen LogP contribution is 2.18. The van der Waals surface area contributed by atoms with Gasteiger partial charge in [-0.1, -0.05) is 5.92 Å². The number of carbonyl (C=O) groups is 1. The minimum atomic E-state index is -1.40. The molecule has 0 aliphatic heterocycles. The molecule has 0 aromatic carbocycles. The molecule has 0 amide bonds. The van der Waals surface area contributed by atoms with Crippen LogP contribution in [0.25, 0.3) is 0 Å². The van der Waals surface area contributed by atoms with E-state index in [4.69, 9.17) is 0 Å². The molecular weight excluding hydrogens is 196 g/mol. The van der Waals surface area contributed by atoms with E-state index in [9.17, 15) is 15.0 Å². The van der Waals surface area contributed by atoms with Crippen molar-refractivity contribution >= 4 is 5.97 Å². The number of ether oxygens (including phenoxy) is 1. The lowest BCUT2D eigenvalue weighted by molar-refractivity contribution is -0.136. The summed E-state index contributed by atoms with van der Waals surface area (Å²) in [5.41, 5.74) is -2.43. The first kappa shape index (κ1) is 13.9. The molecule has 0 aliphatic carbocycles. The Morgan fingerprint density at radius 1 is 1.33 bits per heavy atom. The number of esters is 1. The van der Waals surface area contributed by atoms with Crippen LogP contribution < -0.4 is 0 Å². The van der Waals surface area contributed by atoms with Crippen molar-refractivity contribution < 1.29 is 19.7 Å². The lowest BCUT2D eigenvalue weighted by Crippen LogP contribution is -2.34. The van der Waals surface area contributed by atoms with Crippen LogP contribution in [-0.4, -0.2) is 34.0 Å². The van der Waals surface area contributed by atoms with Gasteiger partial charge in [-0.3, -0.25) is 0 Å². The molecule has 86 valence electrons. The Bertz CT molecular complexity index is 275. The van der Waals surface area contributed by atoms with Crippen molar-refractivity contribution in [2.24, 2.45) is 0 Å². The molecule has 0 saturated carbocycles. The lowest BCUT2D eigenvalue weighted by atomic mass is 9.91. The summed E-state index contributed by atoms with van der Waals surface area (Å²) in [6, 6.07) is 0. The second-order valence-corrected chi connectivity index (χ2v) is 4.23. The first-order valence-corrected chi connectivity index (χ1v) is 4.81.